The lowest BCUT2D eigenvalue weighted by Gasteiger charge is -2.15. The normalized spacial score (nSPS) is 11.5. The Morgan fingerprint density at radius 1 is 1.23 bits per heavy atom. The van der Waals surface area contributed by atoms with Crippen LogP contribution in [0.2, 0.25) is 0 Å². The fourth-order valence-corrected chi connectivity index (χ4v) is 4.40. The molecule has 10 heteroatoms. The van der Waals surface area contributed by atoms with Gasteiger partial charge in [0.05, 0.1) is 29.8 Å². The molecule has 1 aromatic heterocycles. The number of amides is 1. The molecule has 1 amide bonds. The maximum absolute atomic E-state index is 13.4. The number of carbonyl (C=O) groups excluding carboxylic acids is 1. The van der Waals surface area contributed by atoms with Crippen molar-refractivity contribution < 1.29 is 22.3 Å². The highest BCUT2D eigenvalue weighted by Gasteiger charge is 2.20. The van der Waals surface area contributed by atoms with E-state index in [1.807, 2.05) is 0 Å². The van der Waals surface area contributed by atoms with Gasteiger partial charge < -0.3 is 10.1 Å². The van der Waals surface area contributed by atoms with Gasteiger partial charge >= 0.3 is 0 Å². The first-order chi connectivity index (χ1) is 14.2. The quantitative estimate of drug-likeness (QED) is 0.597. The maximum atomic E-state index is 13.4. The first-order valence-electron chi connectivity index (χ1n) is 8.81. The van der Waals surface area contributed by atoms with Crippen molar-refractivity contribution in [2.75, 3.05) is 26.5 Å². The molecule has 1 heterocycles. The first kappa shape index (κ1) is 21.9. The van der Waals surface area contributed by atoms with E-state index in [1.54, 1.807) is 17.5 Å². The van der Waals surface area contributed by atoms with E-state index in [1.165, 1.54) is 62.9 Å². The molecule has 7 nitrogen and oxygen atoms in total. The highest BCUT2D eigenvalue weighted by molar-refractivity contribution is 7.89. The molecule has 0 radical (unpaired) electrons. The van der Waals surface area contributed by atoms with Gasteiger partial charge in [0.15, 0.2) is 0 Å². The van der Waals surface area contributed by atoms with Crippen LogP contribution in [0.1, 0.15) is 5.69 Å². The summed E-state index contributed by atoms with van der Waals surface area (Å²) in [6.07, 6.45) is -0.0281. The van der Waals surface area contributed by atoms with Crippen molar-refractivity contribution in [2.45, 2.75) is 11.3 Å². The van der Waals surface area contributed by atoms with Crippen LogP contribution in [0.25, 0.3) is 10.6 Å². The minimum absolute atomic E-state index is 0.0281. The van der Waals surface area contributed by atoms with Crippen LogP contribution in [0.5, 0.6) is 5.75 Å². The van der Waals surface area contributed by atoms with Crippen LogP contribution in [-0.4, -0.2) is 44.8 Å². The molecule has 0 saturated carbocycles. The first-order valence-corrected chi connectivity index (χ1v) is 11.1. The molecule has 158 valence electrons. The third-order valence-corrected chi connectivity index (χ3v) is 6.94. The molecule has 0 aliphatic carbocycles. The minimum Gasteiger partial charge on any atom is -0.495 e. The Kier molecular flexibility index (Phi) is 6.49. The maximum Gasteiger partial charge on any atom is 0.242 e. The summed E-state index contributed by atoms with van der Waals surface area (Å²) in [5.74, 6) is -0.412. The lowest BCUT2D eigenvalue weighted by Crippen LogP contribution is -2.22. The van der Waals surface area contributed by atoms with Gasteiger partial charge in [0.2, 0.25) is 15.9 Å². The third kappa shape index (κ3) is 4.84. The van der Waals surface area contributed by atoms with Crippen LogP contribution in [0.15, 0.2) is 52.7 Å². The lowest BCUT2D eigenvalue weighted by atomic mass is 10.2. The van der Waals surface area contributed by atoms with Crippen LogP contribution >= 0.6 is 11.3 Å². The number of aromatic nitrogens is 1. The van der Waals surface area contributed by atoms with Crippen molar-refractivity contribution in [2.24, 2.45) is 0 Å². The zero-order valence-corrected chi connectivity index (χ0v) is 18.2. The van der Waals surface area contributed by atoms with Gasteiger partial charge in [-0.1, -0.05) is 12.1 Å². The number of halogens is 1. The summed E-state index contributed by atoms with van der Waals surface area (Å²) in [6, 6.07) is 10.3. The number of ether oxygens (including phenoxy) is 1. The van der Waals surface area contributed by atoms with Crippen LogP contribution in [0, 0.1) is 5.82 Å². The third-order valence-electron chi connectivity index (χ3n) is 4.19. The van der Waals surface area contributed by atoms with E-state index < -0.39 is 10.0 Å². The van der Waals surface area contributed by atoms with Gasteiger partial charge in [0.1, 0.15) is 16.6 Å². The number of thiazole rings is 1. The summed E-state index contributed by atoms with van der Waals surface area (Å²) < 4.78 is 44.4. The van der Waals surface area contributed by atoms with Gasteiger partial charge in [-0.25, -0.2) is 22.1 Å². The minimum atomic E-state index is -3.66. The molecule has 2 aromatic carbocycles. The van der Waals surface area contributed by atoms with Crippen LogP contribution < -0.4 is 10.1 Å². The SMILES string of the molecule is COc1ccc(S(=O)(=O)N(C)C)cc1NC(=O)Cc1csc(-c2cccc(F)c2)n1. The molecule has 0 aliphatic heterocycles. The number of rotatable bonds is 7. The van der Waals surface area contributed by atoms with E-state index in [-0.39, 0.29) is 28.7 Å². The summed E-state index contributed by atoms with van der Waals surface area (Å²) in [5.41, 5.74) is 1.40. The van der Waals surface area contributed by atoms with Crippen molar-refractivity contribution in [3.63, 3.8) is 0 Å². The van der Waals surface area contributed by atoms with Gasteiger partial charge in [-0.3, -0.25) is 4.79 Å². The molecule has 3 aromatic rings. The zero-order chi connectivity index (χ0) is 21.9. The van der Waals surface area contributed by atoms with E-state index in [0.29, 0.717) is 22.0 Å². The molecular weight excluding hydrogens is 429 g/mol. The topological polar surface area (TPSA) is 88.6 Å². The predicted octanol–water partition coefficient (Wildman–Crippen LogP) is 3.39. The largest absolute Gasteiger partial charge is 0.495 e. The Morgan fingerprint density at radius 3 is 2.67 bits per heavy atom. The van der Waals surface area contributed by atoms with E-state index in [2.05, 4.69) is 10.3 Å². The Balaban J connectivity index is 1.78. The fourth-order valence-electron chi connectivity index (χ4n) is 2.66. The second kappa shape index (κ2) is 8.90. The monoisotopic (exact) mass is 449 g/mol. The van der Waals surface area contributed by atoms with Crippen LogP contribution in [0.3, 0.4) is 0 Å². The molecule has 0 bridgehead atoms. The molecule has 0 unspecified atom stereocenters. The second-order valence-corrected chi connectivity index (χ2v) is 9.54. The van der Waals surface area contributed by atoms with Gasteiger partial charge in [-0.2, -0.15) is 0 Å². The highest BCUT2D eigenvalue weighted by atomic mass is 32.2. The number of benzene rings is 2. The smallest absolute Gasteiger partial charge is 0.242 e. The molecule has 0 saturated heterocycles. The molecule has 0 atom stereocenters. The molecule has 0 aliphatic rings. The standard InChI is InChI=1S/C20H20FN3O4S2/c1-24(2)30(26,27)16-7-8-18(28-3)17(11-16)23-19(25)10-15-12-29-20(22-15)13-5-4-6-14(21)9-13/h4-9,11-12H,10H2,1-3H3,(H,23,25). The zero-order valence-electron chi connectivity index (χ0n) is 16.5. The van der Waals surface area contributed by atoms with E-state index >= 15 is 0 Å². The summed E-state index contributed by atoms with van der Waals surface area (Å²) in [7, 11) is 0.616. The van der Waals surface area contributed by atoms with Crippen LogP contribution in [0.4, 0.5) is 10.1 Å². The Hall–Kier alpha value is -2.82. The number of nitrogens with one attached hydrogen (secondary N) is 1. The molecular formula is C20H20FN3O4S2. The molecule has 3 rings (SSSR count). The van der Waals surface area contributed by atoms with Crippen molar-refractivity contribution in [1.29, 1.82) is 0 Å². The van der Waals surface area contributed by atoms with E-state index in [4.69, 9.17) is 4.74 Å². The van der Waals surface area contributed by atoms with Gasteiger partial charge in [0, 0.05) is 25.0 Å². The number of carbonyl (C=O) groups is 1. The predicted molar refractivity (Wildman–Crippen MR) is 114 cm³/mol. The van der Waals surface area contributed by atoms with E-state index in [0.717, 1.165) is 4.31 Å². The molecule has 0 fully saturated rings. The summed E-state index contributed by atoms with van der Waals surface area (Å²) in [6.45, 7) is 0. The van der Waals surface area contributed by atoms with Crippen LogP contribution in [-0.2, 0) is 21.2 Å². The van der Waals surface area contributed by atoms with Gasteiger partial charge in [-0.15, -0.1) is 11.3 Å². The Bertz CT molecular complexity index is 1180. The van der Waals surface area contributed by atoms with Gasteiger partial charge in [-0.05, 0) is 30.3 Å². The number of anilines is 1. The fraction of sp³-hybridized carbons (Fsp3) is 0.200. The Labute approximate surface area is 178 Å². The van der Waals surface area contributed by atoms with Crippen molar-refractivity contribution in [3.05, 3.63) is 59.4 Å². The number of hydrogen-bond donors (Lipinski definition) is 1. The van der Waals surface area contributed by atoms with Crippen molar-refractivity contribution in [1.82, 2.24) is 9.29 Å². The molecule has 0 spiro atoms. The molecule has 30 heavy (non-hydrogen) atoms. The number of hydrogen-bond acceptors (Lipinski definition) is 6. The average molecular weight is 450 g/mol. The Morgan fingerprint density at radius 2 is 2.00 bits per heavy atom. The van der Waals surface area contributed by atoms with Crippen molar-refractivity contribution in [3.8, 4) is 16.3 Å². The number of methoxy groups -OCH3 is 1. The summed E-state index contributed by atoms with van der Waals surface area (Å²) in [5, 5.41) is 5.01. The van der Waals surface area contributed by atoms with Gasteiger partial charge in [0.25, 0.3) is 0 Å². The highest BCUT2D eigenvalue weighted by Crippen LogP contribution is 2.29. The average Bonchev–Trinajstić information content (AvgIpc) is 3.16. The molecule has 1 N–H and O–H groups in total. The summed E-state index contributed by atoms with van der Waals surface area (Å²) >= 11 is 1.31. The summed E-state index contributed by atoms with van der Waals surface area (Å²) in [4.78, 5) is 16.9. The van der Waals surface area contributed by atoms with Crippen molar-refractivity contribution >= 4 is 33.0 Å². The second-order valence-electron chi connectivity index (χ2n) is 6.53. The lowest BCUT2D eigenvalue weighted by molar-refractivity contribution is -0.115. The van der Waals surface area contributed by atoms with E-state index in [9.17, 15) is 17.6 Å². The number of nitrogens with zero attached hydrogens (tertiary/aromatic N) is 2. The number of sulfonamides is 1.